The fraction of sp³-hybridized carbons (Fsp3) is 0.722. The summed E-state index contributed by atoms with van der Waals surface area (Å²) in [4.78, 5) is 13.0. The second-order valence-electron chi connectivity index (χ2n) is 7.72. The molecule has 1 aliphatic carbocycles. The molecular weight excluding hydrogens is 310 g/mol. The van der Waals surface area contributed by atoms with Gasteiger partial charge in [0.2, 0.25) is 0 Å². The minimum atomic E-state index is -0.202. The molecule has 4 nitrogen and oxygen atoms in total. The molecule has 5 heteroatoms. The molecule has 1 saturated carbocycles. The second-order valence-corrected chi connectivity index (χ2v) is 8.68. The zero-order valence-corrected chi connectivity index (χ0v) is 15.0. The Balaban J connectivity index is 1.57. The molecule has 1 atom stereocenters. The number of rotatable bonds is 4. The average molecular weight is 338 g/mol. The van der Waals surface area contributed by atoms with E-state index in [0.717, 1.165) is 53.7 Å². The zero-order valence-electron chi connectivity index (χ0n) is 14.2. The Labute approximate surface area is 142 Å². The molecule has 2 fully saturated rings. The van der Waals surface area contributed by atoms with Gasteiger partial charge in [-0.2, -0.15) is 0 Å². The van der Waals surface area contributed by atoms with Gasteiger partial charge in [-0.05, 0) is 30.6 Å². The van der Waals surface area contributed by atoms with Crippen molar-refractivity contribution in [1.82, 2.24) is 0 Å². The number of nitrogens with zero attached hydrogens (tertiary/aromatic N) is 1. The number of quaternary nitrogens is 1. The molecule has 23 heavy (non-hydrogen) atoms. The van der Waals surface area contributed by atoms with Gasteiger partial charge in [-0.25, -0.2) is 0 Å². The number of thiophene rings is 1. The van der Waals surface area contributed by atoms with E-state index in [4.69, 9.17) is 4.74 Å². The molecule has 0 radical (unpaired) electrons. The Morgan fingerprint density at radius 2 is 2.04 bits per heavy atom. The van der Waals surface area contributed by atoms with E-state index < -0.39 is 0 Å². The highest BCUT2D eigenvalue weighted by Crippen LogP contribution is 2.42. The van der Waals surface area contributed by atoms with E-state index in [1.165, 1.54) is 24.2 Å². The number of carbonyl (C=O) groups excluding carboxylic acids is 1. The van der Waals surface area contributed by atoms with Crippen molar-refractivity contribution in [3.05, 3.63) is 15.8 Å². The number of aromatic hydroxyl groups is 1. The lowest BCUT2D eigenvalue weighted by Gasteiger charge is -2.37. The average Bonchev–Trinajstić information content (AvgIpc) is 3.09. The number of carbonyl (C=O) groups is 1. The molecule has 128 valence electrons. The third-order valence-electron chi connectivity index (χ3n) is 5.25. The van der Waals surface area contributed by atoms with E-state index in [1.807, 2.05) is 5.38 Å². The van der Waals surface area contributed by atoms with E-state index in [0.29, 0.717) is 11.7 Å². The zero-order chi connectivity index (χ0) is 16.4. The number of ether oxygens (including phenoxy) is 1. The molecule has 0 spiro atoms. The lowest BCUT2D eigenvalue weighted by Crippen LogP contribution is -2.50. The molecule has 2 aliphatic rings. The van der Waals surface area contributed by atoms with E-state index in [-0.39, 0.29) is 18.5 Å². The predicted octanol–water partition coefficient (Wildman–Crippen LogP) is 3.44. The minimum Gasteiger partial charge on any atom is -0.506 e. The Hall–Kier alpha value is -1.07. The minimum absolute atomic E-state index is 0.0163. The summed E-state index contributed by atoms with van der Waals surface area (Å²) < 4.78 is 6.57. The first-order chi connectivity index (χ1) is 10.9. The lowest BCUT2D eigenvalue weighted by atomic mass is 9.99. The first-order valence-electron chi connectivity index (χ1n) is 8.75. The smallest absolute Gasteiger partial charge is 0.311 e. The van der Waals surface area contributed by atoms with Crippen LogP contribution in [-0.2, 0) is 16.0 Å². The maximum Gasteiger partial charge on any atom is 0.311 e. The molecule has 2 heterocycles. The Bertz CT molecular complexity index is 561. The molecule has 0 aromatic carbocycles. The Morgan fingerprint density at radius 3 is 2.74 bits per heavy atom. The molecule has 1 aromatic heterocycles. The van der Waals surface area contributed by atoms with Crippen LogP contribution in [0.15, 0.2) is 5.38 Å². The van der Waals surface area contributed by atoms with Crippen LogP contribution in [0, 0.1) is 0 Å². The van der Waals surface area contributed by atoms with Crippen LogP contribution in [0.3, 0.4) is 0 Å². The molecular formula is C18H28NO3S+. The van der Waals surface area contributed by atoms with Crippen molar-refractivity contribution in [3.63, 3.8) is 0 Å². The van der Waals surface area contributed by atoms with Crippen molar-refractivity contribution in [1.29, 1.82) is 0 Å². The van der Waals surface area contributed by atoms with Crippen LogP contribution >= 0.6 is 11.3 Å². The van der Waals surface area contributed by atoms with Gasteiger partial charge in [-0.1, -0.05) is 12.8 Å². The van der Waals surface area contributed by atoms with Crippen molar-refractivity contribution in [2.24, 2.45) is 0 Å². The highest BCUT2D eigenvalue weighted by molar-refractivity contribution is 7.10. The molecule has 0 unspecified atom stereocenters. The lowest BCUT2D eigenvalue weighted by molar-refractivity contribution is -0.898. The fourth-order valence-electron chi connectivity index (χ4n) is 3.99. The van der Waals surface area contributed by atoms with E-state index in [1.54, 1.807) is 0 Å². The standard InChI is InChI=1S/C18H27NO3S/c1-19(2)9-5-8-14(11-19)22-17(20)10-16-18(21)15(12-23-16)13-6-3-4-7-13/h12-14H,3-11H2,1-2H3/p+1/t14-/m0/s1. The maximum atomic E-state index is 12.2. The molecule has 0 bridgehead atoms. The van der Waals surface area contributed by atoms with Crippen LogP contribution < -0.4 is 0 Å². The number of hydrogen-bond donors (Lipinski definition) is 1. The summed E-state index contributed by atoms with van der Waals surface area (Å²) in [7, 11) is 4.36. The van der Waals surface area contributed by atoms with E-state index in [2.05, 4.69) is 14.1 Å². The van der Waals surface area contributed by atoms with Gasteiger partial charge in [0.05, 0.1) is 31.9 Å². The largest absolute Gasteiger partial charge is 0.506 e. The number of likely N-dealkylation sites (N-methyl/N-ethyl adjacent to an activating group) is 1. The predicted molar refractivity (Wildman–Crippen MR) is 91.9 cm³/mol. The summed E-state index contributed by atoms with van der Waals surface area (Å²) in [5, 5.41) is 12.5. The second kappa shape index (κ2) is 6.81. The van der Waals surface area contributed by atoms with Gasteiger partial charge in [0.15, 0.2) is 6.10 Å². The van der Waals surface area contributed by atoms with E-state index >= 15 is 0 Å². The summed E-state index contributed by atoms with van der Waals surface area (Å²) in [5.41, 5.74) is 1.05. The molecule has 1 N–H and O–H groups in total. The number of likely N-dealkylation sites (tertiary alicyclic amines) is 1. The van der Waals surface area contributed by atoms with Crippen molar-refractivity contribution in [3.8, 4) is 5.75 Å². The molecule has 1 saturated heterocycles. The third kappa shape index (κ3) is 4.07. The van der Waals surface area contributed by atoms with Crippen LogP contribution in [0.2, 0.25) is 0 Å². The van der Waals surface area contributed by atoms with Gasteiger partial charge in [-0.15, -0.1) is 11.3 Å². The van der Waals surface area contributed by atoms with Gasteiger partial charge in [0, 0.05) is 12.0 Å². The normalized spacial score (nSPS) is 24.7. The number of hydrogen-bond acceptors (Lipinski definition) is 4. The molecule has 0 amide bonds. The Kier molecular flexibility index (Phi) is 4.97. The van der Waals surface area contributed by atoms with Gasteiger partial charge < -0.3 is 14.3 Å². The van der Waals surface area contributed by atoms with Crippen LogP contribution in [0.5, 0.6) is 5.75 Å². The van der Waals surface area contributed by atoms with E-state index in [9.17, 15) is 9.90 Å². The maximum absolute atomic E-state index is 12.2. The molecule has 1 aliphatic heterocycles. The highest BCUT2D eigenvalue weighted by atomic mass is 32.1. The summed E-state index contributed by atoms with van der Waals surface area (Å²) >= 11 is 1.50. The monoisotopic (exact) mass is 338 g/mol. The Morgan fingerprint density at radius 1 is 1.30 bits per heavy atom. The van der Waals surface area contributed by atoms with Crippen molar-refractivity contribution >= 4 is 17.3 Å². The molecule has 3 rings (SSSR count). The van der Waals surface area contributed by atoms with Crippen molar-refractivity contribution in [2.75, 3.05) is 27.2 Å². The topological polar surface area (TPSA) is 46.5 Å². The van der Waals surface area contributed by atoms with Gasteiger partial charge in [-0.3, -0.25) is 4.79 Å². The van der Waals surface area contributed by atoms with Gasteiger partial charge in [0.1, 0.15) is 12.3 Å². The third-order valence-corrected chi connectivity index (χ3v) is 6.25. The highest BCUT2D eigenvalue weighted by Gasteiger charge is 2.30. The first kappa shape index (κ1) is 16.8. The fourth-order valence-corrected chi connectivity index (χ4v) is 5.00. The number of esters is 1. The quantitative estimate of drug-likeness (QED) is 0.676. The SMILES string of the molecule is C[N+]1(C)CCC[C@H](OC(=O)Cc2scc(C3CCCC3)c2O)C1. The summed E-state index contributed by atoms with van der Waals surface area (Å²) in [5.74, 6) is 0.623. The summed E-state index contributed by atoms with van der Waals surface area (Å²) in [6, 6.07) is 0. The van der Waals surface area contributed by atoms with Crippen LogP contribution in [0.1, 0.15) is 54.9 Å². The summed E-state index contributed by atoms with van der Waals surface area (Å²) in [6.07, 6.45) is 7.07. The molecule has 1 aromatic rings. The summed E-state index contributed by atoms with van der Waals surface area (Å²) in [6.45, 7) is 2.03. The first-order valence-corrected chi connectivity index (χ1v) is 9.63. The van der Waals surface area contributed by atoms with Gasteiger partial charge >= 0.3 is 5.97 Å². The van der Waals surface area contributed by atoms with Crippen molar-refractivity contribution in [2.45, 2.75) is 57.0 Å². The van der Waals surface area contributed by atoms with Gasteiger partial charge in [0.25, 0.3) is 0 Å². The van der Waals surface area contributed by atoms with Crippen molar-refractivity contribution < 1.29 is 19.1 Å². The van der Waals surface area contributed by atoms with Crippen LogP contribution in [0.25, 0.3) is 0 Å². The number of piperidine rings is 1. The van der Waals surface area contributed by atoms with Crippen LogP contribution in [-0.4, -0.2) is 48.8 Å². The van der Waals surface area contributed by atoms with Crippen LogP contribution in [0.4, 0.5) is 0 Å².